The van der Waals surface area contributed by atoms with Crippen LogP contribution in [0.25, 0.3) is 0 Å². The smallest absolute Gasteiger partial charge is 0.411 e. The second-order valence-corrected chi connectivity index (χ2v) is 7.43. The predicted molar refractivity (Wildman–Crippen MR) is 80.4 cm³/mol. The largest absolute Gasteiger partial charge is 0.444 e. The molecular weight excluding hydrogens is 286 g/mol. The van der Waals surface area contributed by atoms with Gasteiger partial charge in [-0.15, -0.1) is 0 Å². The lowest BCUT2D eigenvalue weighted by Crippen LogP contribution is -2.48. The van der Waals surface area contributed by atoms with Gasteiger partial charge in [0.1, 0.15) is 18.2 Å². The number of hydrogen-bond acceptors (Lipinski definition) is 5. The van der Waals surface area contributed by atoms with Crippen LogP contribution in [0.15, 0.2) is 0 Å². The van der Waals surface area contributed by atoms with Gasteiger partial charge in [-0.2, -0.15) is 0 Å². The van der Waals surface area contributed by atoms with Crippen LogP contribution in [0.5, 0.6) is 0 Å². The fraction of sp³-hybridized carbons (Fsp3) is 0.875. The summed E-state index contributed by atoms with van der Waals surface area (Å²) < 4.78 is 11.3. The fourth-order valence-electron chi connectivity index (χ4n) is 3.34. The maximum atomic E-state index is 12.4. The molecule has 4 atom stereocenters. The van der Waals surface area contributed by atoms with Gasteiger partial charge < -0.3 is 14.6 Å². The second-order valence-electron chi connectivity index (χ2n) is 7.43. The summed E-state index contributed by atoms with van der Waals surface area (Å²) in [7, 11) is 0. The van der Waals surface area contributed by atoms with Crippen molar-refractivity contribution in [2.75, 3.05) is 19.8 Å². The molecule has 0 radical (unpaired) electrons. The Balaban J connectivity index is 2.21. The number of aliphatic hydroxyl groups is 1. The lowest BCUT2D eigenvalue weighted by Gasteiger charge is -2.29. The Morgan fingerprint density at radius 1 is 1.36 bits per heavy atom. The van der Waals surface area contributed by atoms with Crippen LogP contribution >= 0.6 is 0 Å². The Labute approximate surface area is 131 Å². The van der Waals surface area contributed by atoms with Crippen molar-refractivity contribution < 1.29 is 24.2 Å². The van der Waals surface area contributed by atoms with E-state index < -0.39 is 24.3 Å². The van der Waals surface area contributed by atoms with E-state index in [2.05, 4.69) is 6.92 Å². The van der Waals surface area contributed by atoms with Crippen molar-refractivity contribution in [3.63, 3.8) is 0 Å². The molecule has 0 spiro atoms. The van der Waals surface area contributed by atoms with Crippen molar-refractivity contribution in [1.82, 2.24) is 4.90 Å². The minimum absolute atomic E-state index is 0.116. The minimum Gasteiger partial charge on any atom is -0.444 e. The third-order valence-corrected chi connectivity index (χ3v) is 4.28. The Kier molecular flexibility index (Phi) is 5.12. The van der Waals surface area contributed by atoms with Gasteiger partial charge in [-0.25, -0.2) is 4.79 Å². The molecule has 2 fully saturated rings. The molecule has 22 heavy (non-hydrogen) atoms. The third-order valence-electron chi connectivity index (χ3n) is 4.28. The molecule has 2 heterocycles. The predicted octanol–water partition coefficient (Wildman–Crippen LogP) is 1.60. The molecule has 0 aromatic heterocycles. The number of hydrogen-bond donors (Lipinski definition) is 1. The van der Waals surface area contributed by atoms with Gasteiger partial charge in [-0.1, -0.05) is 6.92 Å². The van der Waals surface area contributed by atoms with E-state index in [1.165, 1.54) is 4.90 Å². The van der Waals surface area contributed by atoms with Crippen LogP contribution < -0.4 is 0 Å². The summed E-state index contributed by atoms with van der Waals surface area (Å²) in [5.74, 6) is 0.233. The van der Waals surface area contributed by atoms with Crippen LogP contribution in [0, 0.1) is 11.8 Å². The Bertz CT molecular complexity index is 431. The monoisotopic (exact) mass is 313 g/mol. The first-order valence-electron chi connectivity index (χ1n) is 7.97. The van der Waals surface area contributed by atoms with Crippen molar-refractivity contribution in [2.45, 2.75) is 58.3 Å². The lowest BCUT2D eigenvalue weighted by atomic mass is 9.90. The molecule has 0 aliphatic carbocycles. The molecular formula is C16H27NO5. The van der Waals surface area contributed by atoms with Crippen molar-refractivity contribution in [1.29, 1.82) is 0 Å². The molecule has 0 saturated carbocycles. The van der Waals surface area contributed by atoms with Gasteiger partial charge in [-0.3, -0.25) is 9.69 Å². The first-order chi connectivity index (χ1) is 10.2. The fourth-order valence-corrected chi connectivity index (χ4v) is 3.34. The van der Waals surface area contributed by atoms with Gasteiger partial charge in [0.2, 0.25) is 0 Å². The second kappa shape index (κ2) is 6.54. The third kappa shape index (κ3) is 3.79. The summed E-state index contributed by atoms with van der Waals surface area (Å²) in [4.78, 5) is 26.0. The van der Waals surface area contributed by atoms with Gasteiger partial charge in [0, 0.05) is 19.1 Å². The topological polar surface area (TPSA) is 76.1 Å². The number of Topliss-reactive ketones (excluding diaryl/α,β-unsaturated/α-hetero) is 1. The van der Waals surface area contributed by atoms with E-state index in [0.717, 1.165) is 12.8 Å². The molecule has 0 bridgehead atoms. The highest BCUT2D eigenvalue weighted by Gasteiger charge is 2.50. The van der Waals surface area contributed by atoms with Gasteiger partial charge in [0.05, 0.1) is 6.10 Å². The molecule has 6 nitrogen and oxygen atoms in total. The van der Waals surface area contributed by atoms with Crippen LogP contribution in [0.2, 0.25) is 0 Å². The number of aliphatic hydroxyl groups excluding tert-OH is 1. The van der Waals surface area contributed by atoms with Crippen LogP contribution in [0.1, 0.15) is 40.5 Å². The first-order valence-corrected chi connectivity index (χ1v) is 7.97. The molecule has 0 aromatic rings. The number of likely N-dealkylation sites (tertiary alicyclic amines) is 1. The summed E-state index contributed by atoms with van der Waals surface area (Å²) in [6.45, 7) is 7.97. The maximum Gasteiger partial charge on any atom is 0.411 e. The van der Waals surface area contributed by atoms with Gasteiger partial charge in [0.15, 0.2) is 5.78 Å². The van der Waals surface area contributed by atoms with Crippen LogP contribution in [-0.4, -0.2) is 59.4 Å². The number of rotatable bonds is 2. The Hall–Kier alpha value is -1.14. The molecule has 1 amide bonds. The lowest BCUT2D eigenvalue weighted by molar-refractivity contribution is -0.130. The van der Waals surface area contributed by atoms with Crippen LogP contribution in [-0.2, 0) is 14.3 Å². The summed E-state index contributed by atoms with van der Waals surface area (Å²) in [5.41, 5.74) is -0.622. The molecule has 0 unspecified atom stereocenters. The van der Waals surface area contributed by atoms with Crippen LogP contribution in [0.4, 0.5) is 4.79 Å². The molecule has 1 N–H and O–H groups in total. The van der Waals surface area contributed by atoms with Crippen LogP contribution in [0.3, 0.4) is 0 Å². The normalized spacial score (nSPS) is 32.3. The number of ether oxygens (including phenoxy) is 2. The molecule has 2 aliphatic rings. The minimum atomic E-state index is -0.741. The van der Waals surface area contributed by atoms with Crippen molar-refractivity contribution in [3.8, 4) is 0 Å². The van der Waals surface area contributed by atoms with E-state index in [9.17, 15) is 14.7 Å². The highest BCUT2D eigenvalue weighted by molar-refractivity contribution is 5.89. The zero-order valence-electron chi connectivity index (χ0n) is 13.9. The number of ketones is 1. The first kappa shape index (κ1) is 17.2. The standard InChI is InChI=1S/C16H27NO5/c1-10-5-6-21-14-11(7-10)8-17(13(14)12(19)9-18)15(20)22-16(2,3)4/h10-11,13-14,18H,5-9H2,1-4H3/t10-,11+,13-,14-/m1/s1. The van der Waals surface area contributed by atoms with Gasteiger partial charge in [0.25, 0.3) is 0 Å². The average Bonchev–Trinajstić information content (AvgIpc) is 2.65. The molecule has 126 valence electrons. The average molecular weight is 313 g/mol. The molecule has 2 saturated heterocycles. The van der Waals surface area contributed by atoms with Gasteiger partial charge >= 0.3 is 6.09 Å². The number of nitrogens with zero attached hydrogens (tertiary/aromatic N) is 1. The van der Waals surface area contributed by atoms with E-state index >= 15 is 0 Å². The maximum absolute atomic E-state index is 12.4. The molecule has 0 aromatic carbocycles. The number of amides is 1. The van der Waals surface area contributed by atoms with Crippen molar-refractivity contribution >= 4 is 11.9 Å². The van der Waals surface area contributed by atoms with E-state index in [1.54, 1.807) is 20.8 Å². The Morgan fingerprint density at radius 3 is 2.64 bits per heavy atom. The van der Waals surface area contributed by atoms with E-state index in [-0.39, 0.29) is 17.8 Å². The quantitative estimate of drug-likeness (QED) is 0.838. The summed E-state index contributed by atoms with van der Waals surface area (Å²) in [6.07, 6.45) is 1.03. The van der Waals surface area contributed by atoms with Crippen molar-refractivity contribution in [3.05, 3.63) is 0 Å². The highest BCUT2D eigenvalue weighted by Crippen LogP contribution is 2.36. The Morgan fingerprint density at radius 2 is 2.05 bits per heavy atom. The van der Waals surface area contributed by atoms with E-state index in [1.807, 2.05) is 0 Å². The molecule has 2 rings (SSSR count). The summed E-state index contributed by atoms with van der Waals surface area (Å²) in [6, 6.07) is -0.741. The number of fused-ring (bicyclic) bond motifs is 1. The van der Waals surface area contributed by atoms with E-state index in [4.69, 9.17) is 9.47 Å². The molecule has 2 aliphatic heterocycles. The SMILES string of the molecule is C[C@@H]1CCO[C@@H]2[C@@H](C1)CN(C(=O)OC(C)(C)C)[C@@H]2C(=O)CO. The highest BCUT2D eigenvalue weighted by atomic mass is 16.6. The van der Waals surface area contributed by atoms with Crippen molar-refractivity contribution in [2.24, 2.45) is 11.8 Å². The van der Waals surface area contributed by atoms with Gasteiger partial charge in [-0.05, 0) is 39.5 Å². The summed E-state index contributed by atoms with van der Waals surface area (Å²) >= 11 is 0. The van der Waals surface area contributed by atoms with E-state index in [0.29, 0.717) is 19.1 Å². The summed E-state index contributed by atoms with van der Waals surface area (Å²) in [5, 5.41) is 9.26. The number of carbonyl (C=O) groups is 2. The zero-order valence-corrected chi connectivity index (χ0v) is 13.9. The zero-order chi connectivity index (χ0) is 16.5. The number of carbonyl (C=O) groups excluding carboxylic acids is 2. The molecule has 6 heteroatoms.